The summed E-state index contributed by atoms with van der Waals surface area (Å²) in [5.74, 6) is 1.02. The Morgan fingerprint density at radius 2 is 2.21 bits per heavy atom. The summed E-state index contributed by atoms with van der Waals surface area (Å²) in [6, 6.07) is 8.92. The van der Waals surface area contributed by atoms with E-state index in [1.165, 1.54) is 17.7 Å². The van der Waals surface area contributed by atoms with E-state index in [0.29, 0.717) is 6.04 Å². The predicted octanol–water partition coefficient (Wildman–Crippen LogP) is 3.06. The van der Waals surface area contributed by atoms with E-state index in [9.17, 15) is 0 Å². The molecule has 0 spiro atoms. The Kier molecular flexibility index (Phi) is 2.35. The third-order valence-electron chi connectivity index (χ3n) is 3.58. The molecule has 3 heterocycles. The molecule has 3 aromatic rings. The molecular weight excluding hydrogens is 256 g/mol. The maximum absolute atomic E-state index is 4.74. The van der Waals surface area contributed by atoms with Gasteiger partial charge in [-0.25, -0.2) is 9.50 Å². The Hall–Kier alpha value is -1.88. The second-order valence-electron chi connectivity index (χ2n) is 4.92. The van der Waals surface area contributed by atoms with Gasteiger partial charge in [-0.15, -0.1) is 16.4 Å². The molecule has 5 heteroatoms. The van der Waals surface area contributed by atoms with Gasteiger partial charge in [-0.3, -0.25) is 0 Å². The summed E-state index contributed by atoms with van der Waals surface area (Å²) in [7, 11) is 2.12. The maximum atomic E-state index is 4.74. The summed E-state index contributed by atoms with van der Waals surface area (Å²) in [5.41, 5.74) is 1.97. The fourth-order valence-electron chi connectivity index (χ4n) is 2.29. The van der Waals surface area contributed by atoms with Crippen molar-refractivity contribution in [3.8, 4) is 10.6 Å². The molecule has 0 amide bonds. The van der Waals surface area contributed by atoms with Gasteiger partial charge in [0.2, 0.25) is 0 Å². The number of anilines is 1. The molecule has 0 bridgehead atoms. The maximum Gasteiger partial charge on any atom is 0.154 e. The molecule has 1 aliphatic rings. The molecular formula is C14H14N4S. The number of hydrogen-bond donors (Lipinski definition) is 0. The highest BCUT2D eigenvalue weighted by Gasteiger charge is 2.27. The Morgan fingerprint density at radius 3 is 2.95 bits per heavy atom. The van der Waals surface area contributed by atoms with E-state index < -0.39 is 0 Å². The normalized spacial score (nSPS) is 15.0. The van der Waals surface area contributed by atoms with E-state index in [-0.39, 0.29) is 0 Å². The molecule has 0 aliphatic heterocycles. The molecule has 0 saturated heterocycles. The number of nitrogens with zero attached hydrogens (tertiary/aromatic N) is 4. The van der Waals surface area contributed by atoms with Crippen molar-refractivity contribution in [1.82, 2.24) is 14.6 Å². The second-order valence-corrected chi connectivity index (χ2v) is 5.87. The molecule has 4 nitrogen and oxygen atoms in total. The molecule has 0 unspecified atom stereocenters. The summed E-state index contributed by atoms with van der Waals surface area (Å²) in [5, 5.41) is 6.82. The van der Waals surface area contributed by atoms with Gasteiger partial charge in [0, 0.05) is 13.1 Å². The van der Waals surface area contributed by atoms with Crippen LogP contribution in [0.3, 0.4) is 0 Å². The minimum Gasteiger partial charge on any atom is -0.355 e. The third kappa shape index (κ3) is 1.81. The first-order valence-electron chi connectivity index (χ1n) is 6.44. The second kappa shape index (κ2) is 4.06. The summed E-state index contributed by atoms with van der Waals surface area (Å²) in [4.78, 5) is 7.89. The van der Waals surface area contributed by atoms with Crippen molar-refractivity contribution in [3.63, 3.8) is 0 Å². The number of hydrogen-bond acceptors (Lipinski definition) is 4. The van der Waals surface area contributed by atoms with Gasteiger partial charge in [0.15, 0.2) is 5.65 Å². The van der Waals surface area contributed by atoms with E-state index in [4.69, 9.17) is 5.10 Å². The van der Waals surface area contributed by atoms with Crippen molar-refractivity contribution in [2.45, 2.75) is 18.9 Å². The minimum atomic E-state index is 0.665. The lowest BCUT2D eigenvalue weighted by Gasteiger charge is -2.17. The fraction of sp³-hybridized carbons (Fsp3) is 0.286. The van der Waals surface area contributed by atoms with Gasteiger partial charge < -0.3 is 4.90 Å². The lowest BCUT2D eigenvalue weighted by molar-refractivity contribution is 0.840. The quantitative estimate of drug-likeness (QED) is 0.733. The van der Waals surface area contributed by atoms with E-state index in [1.807, 2.05) is 16.8 Å². The predicted molar refractivity (Wildman–Crippen MR) is 77.7 cm³/mol. The van der Waals surface area contributed by atoms with Crippen LogP contribution in [-0.2, 0) is 0 Å². The summed E-state index contributed by atoms with van der Waals surface area (Å²) in [6.07, 6.45) is 4.45. The Balaban J connectivity index is 1.84. The van der Waals surface area contributed by atoms with E-state index in [0.717, 1.165) is 17.2 Å². The molecule has 3 aromatic heterocycles. The lowest BCUT2D eigenvalue weighted by atomic mass is 10.4. The standard InChI is InChI=1S/C14H14N4S/c1-17(10-4-5-10)14-7-6-13-15-9-11(18(13)16-14)12-3-2-8-19-12/h2-3,6-10H,4-5H2,1H3. The fourth-order valence-corrected chi connectivity index (χ4v) is 3.01. The lowest BCUT2D eigenvalue weighted by Crippen LogP contribution is -2.21. The average molecular weight is 270 g/mol. The first-order chi connectivity index (χ1) is 9.33. The number of imidazole rings is 1. The molecule has 1 aliphatic carbocycles. The van der Waals surface area contributed by atoms with Crippen LogP contribution in [0.1, 0.15) is 12.8 Å². The molecule has 0 aromatic carbocycles. The highest BCUT2D eigenvalue weighted by Crippen LogP contribution is 2.30. The van der Waals surface area contributed by atoms with Crippen molar-refractivity contribution in [2.75, 3.05) is 11.9 Å². The zero-order valence-corrected chi connectivity index (χ0v) is 11.5. The van der Waals surface area contributed by atoms with Gasteiger partial charge in [0.05, 0.1) is 11.1 Å². The zero-order chi connectivity index (χ0) is 12.8. The van der Waals surface area contributed by atoms with Crippen LogP contribution in [0.4, 0.5) is 5.82 Å². The number of aromatic nitrogens is 3. The summed E-state index contributed by atoms with van der Waals surface area (Å²) < 4.78 is 1.94. The Bertz CT molecular complexity index is 712. The molecule has 0 atom stereocenters. The number of fused-ring (bicyclic) bond motifs is 1. The summed E-state index contributed by atoms with van der Waals surface area (Å²) in [6.45, 7) is 0. The van der Waals surface area contributed by atoms with Gasteiger partial charge in [0.25, 0.3) is 0 Å². The van der Waals surface area contributed by atoms with E-state index in [1.54, 1.807) is 11.3 Å². The number of thiophene rings is 1. The smallest absolute Gasteiger partial charge is 0.154 e. The van der Waals surface area contributed by atoms with Crippen LogP contribution in [0.5, 0.6) is 0 Å². The van der Waals surface area contributed by atoms with E-state index >= 15 is 0 Å². The van der Waals surface area contributed by atoms with Gasteiger partial charge >= 0.3 is 0 Å². The average Bonchev–Trinajstić information content (AvgIpc) is 2.99. The van der Waals surface area contributed by atoms with Crippen LogP contribution in [0.15, 0.2) is 35.8 Å². The molecule has 4 rings (SSSR count). The van der Waals surface area contributed by atoms with E-state index in [2.05, 4.69) is 40.5 Å². The first-order valence-corrected chi connectivity index (χ1v) is 7.32. The van der Waals surface area contributed by atoms with Crippen molar-refractivity contribution in [3.05, 3.63) is 35.8 Å². The molecule has 19 heavy (non-hydrogen) atoms. The monoisotopic (exact) mass is 270 g/mol. The van der Waals surface area contributed by atoms with Crippen LogP contribution in [0.25, 0.3) is 16.2 Å². The van der Waals surface area contributed by atoms with Crippen LogP contribution < -0.4 is 4.90 Å². The highest BCUT2D eigenvalue weighted by molar-refractivity contribution is 7.13. The van der Waals surface area contributed by atoms with Crippen LogP contribution >= 0.6 is 11.3 Å². The third-order valence-corrected chi connectivity index (χ3v) is 4.47. The molecule has 0 radical (unpaired) electrons. The van der Waals surface area contributed by atoms with Crippen molar-refractivity contribution in [2.24, 2.45) is 0 Å². The van der Waals surface area contributed by atoms with Crippen LogP contribution in [-0.4, -0.2) is 27.7 Å². The topological polar surface area (TPSA) is 33.4 Å². The molecule has 1 fully saturated rings. The molecule has 1 saturated carbocycles. The van der Waals surface area contributed by atoms with Gasteiger partial charge in [-0.1, -0.05) is 6.07 Å². The van der Waals surface area contributed by atoms with Crippen molar-refractivity contribution in [1.29, 1.82) is 0 Å². The number of rotatable bonds is 3. The van der Waals surface area contributed by atoms with Crippen LogP contribution in [0, 0.1) is 0 Å². The first kappa shape index (κ1) is 11.0. The van der Waals surface area contributed by atoms with Gasteiger partial charge in [-0.2, -0.15) is 0 Å². The molecule has 0 N–H and O–H groups in total. The molecule has 96 valence electrons. The van der Waals surface area contributed by atoms with Crippen molar-refractivity contribution >= 4 is 22.8 Å². The Morgan fingerprint density at radius 1 is 1.32 bits per heavy atom. The largest absolute Gasteiger partial charge is 0.355 e. The SMILES string of the molecule is CN(c1ccc2ncc(-c3cccs3)n2n1)C1CC1. The van der Waals surface area contributed by atoms with Crippen LogP contribution in [0.2, 0.25) is 0 Å². The Labute approximate surface area is 115 Å². The summed E-state index contributed by atoms with van der Waals surface area (Å²) >= 11 is 1.71. The van der Waals surface area contributed by atoms with Gasteiger partial charge in [-0.05, 0) is 36.4 Å². The van der Waals surface area contributed by atoms with Gasteiger partial charge in [0.1, 0.15) is 11.5 Å². The zero-order valence-electron chi connectivity index (χ0n) is 10.7. The minimum absolute atomic E-state index is 0.665. The van der Waals surface area contributed by atoms with Crippen molar-refractivity contribution < 1.29 is 0 Å². The highest BCUT2D eigenvalue weighted by atomic mass is 32.1.